The highest BCUT2D eigenvalue weighted by Gasteiger charge is 2.28. The number of anilines is 1. The first-order valence-electron chi connectivity index (χ1n) is 11.4. The van der Waals surface area contributed by atoms with E-state index < -0.39 is 15.9 Å². The van der Waals surface area contributed by atoms with E-state index in [9.17, 15) is 12.8 Å². The number of fused-ring (bicyclic) bond motifs is 1. The van der Waals surface area contributed by atoms with Gasteiger partial charge in [0.05, 0.1) is 0 Å². The number of nitrogens with zero attached hydrogens (tertiary/aromatic N) is 2. The molecule has 0 unspecified atom stereocenters. The van der Waals surface area contributed by atoms with Crippen LogP contribution in [-0.4, -0.2) is 23.3 Å². The van der Waals surface area contributed by atoms with Crippen LogP contribution in [0, 0.1) is 11.2 Å². The number of benzene rings is 2. The van der Waals surface area contributed by atoms with E-state index in [0.29, 0.717) is 0 Å². The van der Waals surface area contributed by atoms with Gasteiger partial charge in [0.1, 0.15) is 33.6 Å². The number of hydrogen-bond donors (Lipinski definition) is 1. The summed E-state index contributed by atoms with van der Waals surface area (Å²) in [6.07, 6.45) is 2.90. The fourth-order valence-corrected chi connectivity index (χ4v) is 5.38. The van der Waals surface area contributed by atoms with Gasteiger partial charge in [-0.2, -0.15) is 8.42 Å². The Kier molecular flexibility index (Phi) is 6.36. The highest BCUT2D eigenvalue weighted by molar-refractivity contribution is 7.87. The number of rotatable bonds is 7. The minimum Gasteiger partial charge on any atom is -0.379 e. The molecule has 35 heavy (non-hydrogen) atoms. The van der Waals surface area contributed by atoms with Crippen LogP contribution < -0.4 is 9.50 Å². The van der Waals surface area contributed by atoms with E-state index in [1.165, 1.54) is 12.1 Å². The van der Waals surface area contributed by atoms with E-state index >= 15 is 0 Å². The number of halogens is 1. The summed E-state index contributed by atoms with van der Waals surface area (Å²) in [6.45, 7) is 11.0. The minimum atomic E-state index is -4.08. The zero-order chi connectivity index (χ0) is 25.4. The van der Waals surface area contributed by atoms with E-state index in [-0.39, 0.29) is 21.6 Å². The maximum atomic E-state index is 13.2. The molecule has 0 fully saturated rings. The molecule has 8 heteroatoms. The van der Waals surface area contributed by atoms with Crippen molar-refractivity contribution in [2.45, 2.75) is 51.5 Å². The Morgan fingerprint density at radius 2 is 1.60 bits per heavy atom. The summed E-state index contributed by atoms with van der Waals surface area (Å²) in [5.41, 5.74) is 2.30. The van der Waals surface area contributed by atoms with E-state index in [0.717, 1.165) is 41.3 Å². The van der Waals surface area contributed by atoms with Crippen LogP contribution in [0.2, 0.25) is 0 Å². The summed E-state index contributed by atoms with van der Waals surface area (Å²) in [5, 5.41) is 3.69. The first kappa shape index (κ1) is 24.7. The van der Waals surface area contributed by atoms with Crippen molar-refractivity contribution in [3.05, 3.63) is 78.7 Å². The fourth-order valence-electron chi connectivity index (χ4n) is 4.45. The van der Waals surface area contributed by atoms with Crippen LogP contribution in [0.3, 0.4) is 0 Å². The molecule has 0 saturated carbocycles. The van der Waals surface area contributed by atoms with Crippen molar-refractivity contribution in [3.63, 3.8) is 0 Å². The highest BCUT2D eigenvalue weighted by atomic mass is 32.2. The predicted octanol–water partition coefficient (Wildman–Crippen LogP) is 6.53. The van der Waals surface area contributed by atoms with Gasteiger partial charge in [-0.3, -0.25) is 4.40 Å². The molecule has 2 heterocycles. The standard InChI is InChI=1S/C27H30FN3O3S/c1-26(2,3)18-27(4,5)30-25-24(29-23-8-6-7-17-31(23)25)19-9-13-21(14-10-19)34-35(32,33)22-15-11-20(28)12-16-22/h6-17,30H,18H2,1-5H3. The van der Waals surface area contributed by atoms with Crippen molar-refractivity contribution in [3.8, 4) is 17.0 Å². The van der Waals surface area contributed by atoms with Crippen LogP contribution >= 0.6 is 0 Å². The molecule has 0 amide bonds. The highest BCUT2D eigenvalue weighted by Crippen LogP contribution is 2.35. The number of nitrogens with one attached hydrogen (secondary N) is 1. The average Bonchev–Trinajstić information content (AvgIpc) is 3.10. The van der Waals surface area contributed by atoms with Gasteiger partial charge in [-0.05, 0) is 86.3 Å². The molecule has 0 atom stereocenters. The molecule has 0 aliphatic carbocycles. The van der Waals surface area contributed by atoms with Gasteiger partial charge in [0.25, 0.3) is 0 Å². The second kappa shape index (κ2) is 9.00. The molecule has 0 radical (unpaired) electrons. The molecule has 2 aromatic carbocycles. The van der Waals surface area contributed by atoms with Crippen LogP contribution in [-0.2, 0) is 10.1 Å². The van der Waals surface area contributed by atoms with Crippen molar-refractivity contribution >= 4 is 21.6 Å². The largest absolute Gasteiger partial charge is 0.379 e. The molecule has 4 aromatic rings. The Morgan fingerprint density at radius 3 is 2.23 bits per heavy atom. The molecule has 0 aliphatic heterocycles. The molecule has 1 N–H and O–H groups in total. The molecular weight excluding hydrogens is 465 g/mol. The zero-order valence-electron chi connectivity index (χ0n) is 20.5. The van der Waals surface area contributed by atoms with Crippen molar-refractivity contribution in [2.75, 3.05) is 5.32 Å². The van der Waals surface area contributed by atoms with Crippen LogP contribution in [0.25, 0.3) is 16.9 Å². The molecule has 184 valence electrons. The quantitative estimate of drug-likeness (QED) is 0.295. The SMILES string of the molecule is CC(C)(C)CC(C)(C)Nc1c(-c2ccc(OS(=O)(=O)c3ccc(F)cc3)cc2)nc2ccccn12. The summed E-state index contributed by atoms with van der Waals surface area (Å²) < 4.78 is 45.5. The lowest BCUT2D eigenvalue weighted by molar-refractivity contribution is 0.302. The van der Waals surface area contributed by atoms with Gasteiger partial charge >= 0.3 is 10.1 Å². The summed E-state index contributed by atoms with van der Waals surface area (Å²) in [7, 11) is -4.08. The van der Waals surface area contributed by atoms with E-state index in [4.69, 9.17) is 9.17 Å². The first-order valence-corrected chi connectivity index (χ1v) is 12.8. The molecule has 4 rings (SSSR count). The molecule has 0 aliphatic rings. The maximum Gasteiger partial charge on any atom is 0.339 e. The van der Waals surface area contributed by atoms with E-state index in [2.05, 4.69) is 39.9 Å². The second-order valence-electron chi connectivity index (χ2n) is 10.5. The van der Waals surface area contributed by atoms with Crippen LogP contribution in [0.15, 0.2) is 77.8 Å². The third-order valence-corrected chi connectivity index (χ3v) is 6.66. The van der Waals surface area contributed by atoms with E-state index in [1.54, 1.807) is 24.3 Å². The fraction of sp³-hybridized carbons (Fsp3) is 0.296. The summed E-state index contributed by atoms with van der Waals surface area (Å²) in [5.74, 6) is 0.503. The number of aromatic nitrogens is 2. The van der Waals surface area contributed by atoms with Gasteiger partial charge in [-0.1, -0.05) is 26.8 Å². The Bertz CT molecular complexity index is 1440. The predicted molar refractivity (Wildman–Crippen MR) is 137 cm³/mol. The van der Waals surface area contributed by atoms with Gasteiger partial charge in [-0.25, -0.2) is 9.37 Å². The van der Waals surface area contributed by atoms with Crippen LogP contribution in [0.1, 0.15) is 41.0 Å². The van der Waals surface area contributed by atoms with E-state index in [1.807, 2.05) is 28.8 Å². The number of pyridine rings is 1. The molecule has 0 saturated heterocycles. The first-order chi connectivity index (χ1) is 16.3. The Hall–Kier alpha value is -3.39. The van der Waals surface area contributed by atoms with Gasteiger partial charge in [0.15, 0.2) is 0 Å². The van der Waals surface area contributed by atoms with Crippen LogP contribution in [0.4, 0.5) is 10.2 Å². The number of hydrogen-bond acceptors (Lipinski definition) is 5. The summed E-state index contributed by atoms with van der Waals surface area (Å²) in [6, 6.07) is 17.1. The lowest BCUT2D eigenvalue weighted by Gasteiger charge is -2.34. The smallest absolute Gasteiger partial charge is 0.339 e. The number of imidazole rings is 1. The lowest BCUT2D eigenvalue weighted by Crippen LogP contribution is -2.36. The molecule has 2 aromatic heterocycles. The van der Waals surface area contributed by atoms with Crippen molar-refractivity contribution < 1.29 is 17.0 Å². The van der Waals surface area contributed by atoms with Gasteiger partial charge < -0.3 is 9.50 Å². The van der Waals surface area contributed by atoms with Gasteiger partial charge in [0, 0.05) is 17.3 Å². The Morgan fingerprint density at radius 1 is 0.943 bits per heavy atom. The van der Waals surface area contributed by atoms with Gasteiger partial charge in [-0.15, -0.1) is 0 Å². The molecular formula is C27H30FN3O3S. The molecule has 6 nitrogen and oxygen atoms in total. The summed E-state index contributed by atoms with van der Waals surface area (Å²) >= 11 is 0. The Labute approximate surface area is 205 Å². The summed E-state index contributed by atoms with van der Waals surface area (Å²) in [4.78, 5) is 4.71. The van der Waals surface area contributed by atoms with Crippen molar-refractivity contribution in [1.82, 2.24) is 9.38 Å². The van der Waals surface area contributed by atoms with Crippen LogP contribution in [0.5, 0.6) is 5.75 Å². The Balaban J connectivity index is 1.66. The normalized spacial score (nSPS) is 12.6. The zero-order valence-corrected chi connectivity index (χ0v) is 21.4. The molecule has 0 spiro atoms. The lowest BCUT2D eigenvalue weighted by atomic mass is 9.82. The second-order valence-corrected chi connectivity index (χ2v) is 12.0. The topological polar surface area (TPSA) is 72.7 Å². The average molecular weight is 496 g/mol. The monoisotopic (exact) mass is 495 g/mol. The minimum absolute atomic E-state index is 0.115. The van der Waals surface area contributed by atoms with Crippen molar-refractivity contribution in [2.24, 2.45) is 5.41 Å². The maximum absolute atomic E-state index is 13.2. The third kappa shape index (κ3) is 5.82. The van der Waals surface area contributed by atoms with Gasteiger partial charge in [0.2, 0.25) is 0 Å². The third-order valence-electron chi connectivity index (χ3n) is 5.39. The van der Waals surface area contributed by atoms with Crippen molar-refractivity contribution in [1.29, 1.82) is 0 Å². The molecule has 0 bridgehead atoms.